The lowest BCUT2D eigenvalue weighted by Crippen LogP contribution is -2.54. The molecule has 5 aromatic rings. The lowest BCUT2D eigenvalue weighted by Gasteiger charge is -2.35. The van der Waals surface area contributed by atoms with Crippen LogP contribution in [-0.2, 0) is 20.7 Å². The zero-order chi connectivity index (χ0) is 48.6. The lowest BCUT2D eigenvalue weighted by atomic mass is 9.94. The van der Waals surface area contributed by atoms with Gasteiger partial charge in [-0.3, -0.25) is 39.3 Å². The van der Waals surface area contributed by atoms with Gasteiger partial charge in [0.2, 0.25) is 11.8 Å². The number of hydrogen-bond acceptors (Lipinski definition) is 13. The predicted octanol–water partition coefficient (Wildman–Crippen LogP) is 5.30. The zero-order valence-electron chi connectivity index (χ0n) is 38.4. The highest BCUT2D eigenvalue weighted by molar-refractivity contribution is 6.23. The molecule has 6 aliphatic rings. The Morgan fingerprint density at radius 1 is 1.00 bits per heavy atom. The van der Waals surface area contributed by atoms with Crippen LogP contribution in [0.1, 0.15) is 76.8 Å². The van der Waals surface area contributed by atoms with E-state index < -0.39 is 52.9 Å². The van der Waals surface area contributed by atoms with Gasteiger partial charge in [0.25, 0.3) is 11.8 Å². The fourth-order valence-electron chi connectivity index (χ4n) is 11.5. The first-order valence-electron chi connectivity index (χ1n) is 23.6. The minimum absolute atomic E-state index is 0.00650. The van der Waals surface area contributed by atoms with Crippen molar-refractivity contribution < 1.29 is 42.2 Å². The van der Waals surface area contributed by atoms with Crippen molar-refractivity contribution in [1.29, 1.82) is 0 Å². The number of fused-ring (bicyclic) bond motifs is 6. The van der Waals surface area contributed by atoms with Crippen molar-refractivity contribution in [3.63, 3.8) is 0 Å². The highest BCUT2D eigenvalue weighted by Gasteiger charge is 2.52. The second-order valence-electron chi connectivity index (χ2n) is 19.4. The van der Waals surface area contributed by atoms with Gasteiger partial charge in [0.1, 0.15) is 42.1 Å². The minimum Gasteiger partial charge on any atom is -0.461 e. The predicted molar refractivity (Wildman–Crippen MR) is 253 cm³/mol. The molecule has 2 aromatic heterocycles. The van der Waals surface area contributed by atoms with Gasteiger partial charge in [0, 0.05) is 74.9 Å². The van der Waals surface area contributed by atoms with Crippen LogP contribution in [0.5, 0.6) is 6.01 Å². The van der Waals surface area contributed by atoms with Gasteiger partial charge in [-0.25, -0.2) is 13.6 Å². The van der Waals surface area contributed by atoms with E-state index in [-0.39, 0.29) is 84.6 Å². The van der Waals surface area contributed by atoms with Gasteiger partial charge in [0.15, 0.2) is 5.82 Å². The molecule has 0 saturated carbocycles. The molecule has 2 bridgehead atoms. The first-order chi connectivity index (χ1) is 33.8. The summed E-state index contributed by atoms with van der Waals surface area (Å²) < 4.78 is 44.7. The zero-order valence-corrected chi connectivity index (χ0v) is 38.4. The Labute approximate surface area is 401 Å². The maximum Gasteiger partial charge on any atom is 0.409 e. The summed E-state index contributed by atoms with van der Waals surface area (Å²) in [5, 5.41) is 7.29. The van der Waals surface area contributed by atoms with Crippen LogP contribution in [0.15, 0.2) is 66.9 Å². The fraction of sp³-hybridized carbons (Fsp3) is 0.385. The molecule has 6 aliphatic heterocycles. The van der Waals surface area contributed by atoms with Gasteiger partial charge in [-0.15, -0.1) is 6.42 Å². The number of piperidine rings is 1. The van der Waals surface area contributed by atoms with Crippen molar-refractivity contribution in [3.05, 3.63) is 101 Å². The first kappa shape index (κ1) is 45.1. The number of benzene rings is 3. The van der Waals surface area contributed by atoms with Crippen molar-refractivity contribution >= 4 is 57.2 Å². The summed E-state index contributed by atoms with van der Waals surface area (Å²) in [5.41, 5.74) is 1.92. The molecule has 0 radical (unpaired) electrons. The molecule has 3 unspecified atom stereocenters. The van der Waals surface area contributed by atoms with Gasteiger partial charge in [-0.2, -0.15) is 9.97 Å². The quantitative estimate of drug-likeness (QED) is 0.0992. The van der Waals surface area contributed by atoms with E-state index in [2.05, 4.69) is 37.9 Å². The summed E-state index contributed by atoms with van der Waals surface area (Å²) >= 11 is 0. The molecule has 0 spiro atoms. The first-order valence-corrected chi connectivity index (χ1v) is 23.6. The molecular formula is C52H49F2N9O7. The van der Waals surface area contributed by atoms with Crippen LogP contribution in [-0.4, -0.2) is 136 Å². The number of carbonyl (C=O) groups excluding carboxylic acids is 5. The second-order valence-corrected chi connectivity index (χ2v) is 19.4. The van der Waals surface area contributed by atoms with E-state index in [9.17, 15) is 24.0 Å². The highest BCUT2D eigenvalue weighted by Crippen LogP contribution is 2.45. The van der Waals surface area contributed by atoms with Crippen molar-refractivity contribution in [2.45, 2.75) is 81.1 Å². The average molecular weight is 950 g/mol. The number of ether oxygens (including phenoxy) is 2. The Balaban J connectivity index is 0.783. The Bertz CT molecular complexity index is 3130. The van der Waals surface area contributed by atoms with E-state index in [4.69, 9.17) is 25.9 Å². The SMILES string of the molecule is C#Cc1c(F)ccc2cccc(-c3ncc4c(N5CC6CCC(C5)N6)nc(OC[C@@]56CC[C@@H](COC(=O)N(C)CCc7ccc8c(c7)C(=O)N(C7CCC(=O)NC7=O)C8=O)N5CC(=C)C6)nc4c3F)c12. The Morgan fingerprint density at radius 2 is 1.80 bits per heavy atom. The van der Waals surface area contributed by atoms with Gasteiger partial charge in [-0.05, 0) is 74.1 Å². The number of nitrogens with zero attached hydrogens (tertiary/aromatic N) is 7. The summed E-state index contributed by atoms with van der Waals surface area (Å²) in [6, 6.07) is 12.3. The van der Waals surface area contributed by atoms with Crippen molar-refractivity contribution in [1.82, 2.24) is 40.3 Å². The molecule has 70 heavy (non-hydrogen) atoms. The molecule has 5 atom stereocenters. The Kier molecular flexibility index (Phi) is 11.3. The number of likely N-dealkylation sites (N-methyl/N-ethyl adjacent to an activating group) is 1. The van der Waals surface area contributed by atoms with Crippen LogP contribution >= 0.6 is 0 Å². The molecule has 3 aromatic carbocycles. The average Bonchev–Trinajstić information content (AvgIpc) is 4.05. The van der Waals surface area contributed by atoms with Crippen molar-refractivity contribution in [2.24, 2.45) is 0 Å². The number of pyridine rings is 1. The largest absolute Gasteiger partial charge is 0.461 e. The van der Waals surface area contributed by atoms with Crippen molar-refractivity contribution in [3.8, 4) is 29.6 Å². The molecule has 0 aliphatic carbocycles. The number of terminal acetylenes is 1. The van der Waals surface area contributed by atoms with Crippen LogP contribution in [0.3, 0.4) is 0 Å². The molecule has 2 N–H and O–H groups in total. The third-order valence-corrected chi connectivity index (χ3v) is 14.9. The number of carbonyl (C=O) groups is 5. The number of aromatic nitrogens is 3. The van der Waals surface area contributed by atoms with Crippen molar-refractivity contribution in [2.75, 3.05) is 51.3 Å². The third-order valence-electron chi connectivity index (χ3n) is 14.9. The van der Waals surface area contributed by atoms with Gasteiger partial charge in [-0.1, -0.05) is 48.4 Å². The van der Waals surface area contributed by atoms with Crippen LogP contribution < -0.4 is 20.3 Å². The van der Waals surface area contributed by atoms with E-state index in [0.717, 1.165) is 23.3 Å². The third kappa shape index (κ3) is 7.77. The van der Waals surface area contributed by atoms with Gasteiger partial charge in [0.05, 0.1) is 27.6 Å². The molecule has 358 valence electrons. The minimum atomic E-state index is -1.06. The lowest BCUT2D eigenvalue weighted by molar-refractivity contribution is -0.136. The number of piperazine rings is 1. The topological polar surface area (TPSA) is 180 Å². The van der Waals surface area contributed by atoms with E-state index in [1.54, 1.807) is 55.7 Å². The monoisotopic (exact) mass is 949 g/mol. The summed E-state index contributed by atoms with van der Waals surface area (Å²) in [5.74, 6) is -0.633. The van der Waals surface area contributed by atoms with E-state index >= 15 is 8.78 Å². The standard InChI is InChI=1S/C52H49F2N9O7/c1-4-34-39(53)13-9-30-6-5-7-36(42(30)34)44-43(54)45-38(22-55-44)46(61-24-31-10-11-32(25-61)56-31)59-50(58-45)70-27-52-18-16-33(62(52)23-28(2)21-52)26-69-51(68)60(3)19-17-29-8-12-35-37(20-29)49(67)63(48(35)66)40-14-15-41(64)57-47(40)65/h1,5-9,12-13,20,22,31-33,40,56H,2,10-11,14-19,21,23-27H2,3H3,(H,57,64,65)/t31?,32?,33-,40?,52-/m0/s1. The number of nitrogens with one attached hydrogen (secondary N) is 2. The number of imide groups is 2. The summed E-state index contributed by atoms with van der Waals surface area (Å²) in [4.78, 5) is 85.1. The van der Waals surface area contributed by atoms with Crippen LogP contribution in [0.25, 0.3) is 32.9 Å². The maximum atomic E-state index is 17.2. The molecule has 11 rings (SSSR count). The molecule has 5 amide bonds. The summed E-state index contributed by atoms with van der Waals surface area (Å²) in [6.45, 7) is 6.76. The number of anilines is 1. The van der Waals surface area contributed by atoms with Crippen LogP contribution in [0.2, 0.25) is 0 Å². The number of hydrogen-bond donors (Lipinski definition) is 2. The Hall–Kier alpha value is -7.36. The van der Waals surface area contributed by atoms with Crippen LogP contribution in [0.4, 0.5) is 19.4 Å². The maximum absolute atomic E-state index is 17.2. The molecule has 5 saturated heterocycles. The molecular weight excluding hydrogens is 901 g/mol. The molecule has 5 fully saturated rings. The number of rotatable bonds is 11. The smallest absolute Gasteiger partial charge is 0.409 e. The Morgan fingerprint density at radius 3 is 2.59 bits per heavy atom. The number of halogens is 2. The van der Waals surface area contributed by atoms with E-state index in [0.29, 0.717) is 78.4 Å². The molecule has 18 heteroatoms. The highest BCUT2D eigenvalue weighted by atomic mass is 19.1. The fourth-order valence-corrected chi connectivity index (χ4v) is 11.5. The van der Waals surface area contributed by atoms with E-state index in [1.807, 2.05) is 0 Å². The van der Waals surface area contributed by atoms with Gasteiger partial charge < -0.3 is 24.6 Å². The normalized spacial score (nSPS) is 24.1. The van der Waals surface area contributed by atoms with Crippen LogP contribution in [0, 0.1) is 24.0 Å². The molecule has 16 nitrogen and oxygen atoms in total. The summed E-state index contributed by atoms with van der Waals surface area (Å²) in [6.07, 6.45) is 11.4. The van der Waals surface area contributed by atoms with E-state index in [1.165, 1.54) is 11.0 Å². The number of amides is 5. The second kappa shape index (κ2) is 17.6. The molecule has 8 heterocycles. The summed E-state index contributed by atoms with van der Waals surface area (Å²) in [7, 11) is 1.63. The van der Waals surface area contributed by atoms with Gasteiger partial charge >= 0.3 is 12.1 Å².